The van der Waals surface area contributed by atoms with Crippen molar-refractivity contribution in [1.29, 1.82) is 0 Å². The number of carbonyl (C=O) groups is 1. The molecule has 0 fully saturated rings. The van der Waals surface area contributed by atoms with E-state index in [9.17, 15) is 4.79 Å². The van der Waals surface area contributed by atoms with Gasteiger partial charge in [-0.05, 0) is 6.08 Å². The Labute approximate surface area is 63.8 Å². The first-order chi connectivity index (χ1) is 5.20. The molecule has 0 amide bonds. The van der Waals surface area contributed by atoms with Crippen molar-refractivity contribution in [2.24, 2.45) is 7.05 Å². The molecule has 11 heavy (non-hydrogen) atoms. The highest BCUT2D eigenvalue weighted by molar-refractivity contribution is 5.84. The number of rotatable bonds is 2. The average molecular weight is 153 g/mol. The van der Waals surface area contributed by atoms with Gasteiger partial charge in [-0.3, -0.25) is 0 Å². The van der Waals surface area contributed by atoms with E-state index >= 15 is 0 Å². The lowest BCUT2D eigenvalue weighted by Crippen LogP contribution is -2.27. The molecule has 0 aliphatic rings. The van der Waals surface area contributed by atoms with Crippen LogP contribution in [0.15, 0.2) is 18.6 Å². The molecular weight excluding hydrogens is 144 g/mol. The molecule has 0 unspecified atom stereocenters. The number of aliphatic carboxylic acids is 1. The van der Waals surface area contributed by atoms with Gasteiger partial charge in [0, 0.05) is 6.08 Å². The van der Waals surface area contributed by atoms with Crippen molar-refractivity contribution in [3.63, 3.8) is 0 Å². The van der Waals surface area contributed by atoms with Crippen molar-refractivity contribution in [3.8, 4) is 0 Å². The number of carboxylic acid groups (broad SMARTS) is 1. The lowest BCUT2D eigenvalue weighted by Gasteiger charge is -1.83. The summed E-state index contributed by atoms with van der Waals surface area (Å²) in [7, 11) is 1.83. The maximum atomic E-state index is 10.1. The highest BCUT2D eigenvalue weighted by Gasteiger charge is 1.99. The summed E-state index contributed by atoms with van der Waals surface area (Å²) in [5, 5.41) is 8.30. The van der Waals surface area contributed by atoms with Crippen LogP contribution in [0.4, 0.5) is 0 Å². The Hall–Kier alpha value is -1.58. The second kappa shape index (κ2) is 3.01. The zero-order valence-electron chi connectivity index (χ0n) is 6.11. The number of nitrogens with zero attached hydrogens (tertiary/aromatic N) is 1. The number of imidazole rings is 1. The standard InChI is InChI=1S/C7H8N2O2/c1-9-5-8-4-6(9)2-3-7(10)11/h2-5H,1H3,(H,10,11)/p+1/b3-2+. The molecule has 0 aromatic carbocycles. The summed E-state index contributed by atoms with van der Waals surface area (Å²) in [5.74, 6) is -0.939. The lowest BCUT2D eigenvalue weighted by molar-refractivity contribution is -0.671. The van der Waals surface area contributed by atoms with Gasteiger partial charge in [-0.15, -0.1) is 0 Å². The van der Waals surface area contributed by atoms with E-state index in [0.29, 0.717) is 0 Å². The van der Waals surface area contributed by atoms with E-state index in [1.807, 2.05) is 7.05 Å². The van der Waals surface area contributed by atoms with Crippen LogP contribution in [-0.4, -0.2) is 16.1 Å². The first-order valence-electron chi connectivity index (χ1n) is 3.13. The van der Waals surface area contributed by atoms with Crippen LogP contribution in [0.2, 0.25) is 0 Å². The Balaban J connectivity index is 2.79. The van der Waals surface area contributed by atoms with Crippen LogP contribution in [-0.2, 0) is 11.8 Å². The number of hydrogen-bond acceptors (Lipinski definition) is 1. The second-order valence-electron chi connectivity index (χ2n) is 2.15. The van der Waals surface area contributed by atoms with Gasteiger partial charge in [0.25, 0.3) is 0 Å². The van der Waals surface area contributed by atoms with Crippen molar-refractivity contribution >= 4 is 12.0 Å². The van der Waals surface area contributed by atoms with Crippen molar-refractivity contribution in [2.45, 2.75) is 0 Å². The fraction of sp³-hybridized carbons (Fsp3) is 0.143. The summed E-state index contributed by atoms with van der Waals surface area (Å²) in [6.45, 7) is 0. The van der Waals surface area contributed by atoms with Crippen molar-refractivity contribution < 1.29 is 14.5 Å². The van der Waals surface area contributed by atoms with Gasteiger partial charge in [-0.25, -0.2) is 14.3 Å². The number of H-pyrrole nitrogens is 1. The Morgan fingerprint density at radius 1 is 1.82 bits per heavy atom. The number of carboxylic acids is 1. The largest absolute Gasteiger partial charge is 0.478 e. The summed E-state index contributed by atoms with van der Waals surface area (Å²) >= 11 is 0. The number of hydrogen-bond donors (Lipinski definition) is 2. The lowest BCUT2D eigenvalue weighted by atomic mass is 10.4. The topological polar surface area (TPSA) is 57.0 Å². The van der Waals surface area contributed by atoms with Crippen LogP contribution >= 0.6 is 0 Å². The molecule has 0 radical (unpaired) electrons. The molecule has 58 valence electrons. The summed E-state index contributed by atoms with van der Waals surface area (Å²) < 4.78 is 1.79. The maximum absolute atomic E-state index is 10.1. The zero-order valence-corrected chi connectivity index (χ0v) is 6.11. The van der Waals surface area contributed by atoms with Crippen LogP contribution in [0.25, 0.3) is 6.08 Å². The van der Waals surface area contributed by atoms with Crippen LogP contribution < -0.4 is 4.57 Å². The van der Waals surface area contributed by atoms with E-state index in [-0.39, 0.29) is 0 Å². The number of aryl methyl sites for hydroxylation is 1. The molecule has 4 nitrogen and oxygen atoms in total. The van der Waals surface area contributed by atoms with Crippen LogP contribution in [0.3, 0.4) is 0 Å². The van der Waals surface area contributed by atoms with Crippen molar-refractivity contribution in [2.75, 3.05) is 0 Å². The first kappa shape index (κ1) is 7.53. The molecule has 0 saturated carbocycles. The normalized spacial score (nSPS) is 10.6. The fourth-order valence-electron chi connectivity index (χ4n) is 0.733. The van der Waals surface area contributed by atoms with Gasteiger partial charge < -0.3 is 5.11 Å². The van der Waals surface area contributed by atoms with Gasteiger partial charge >= 0.3 is 5.97 Å². The molecule has 0 atom stereocenters. The third-order valence-corrected chi connectivity index (χ3v) is 1.30. The Bertz CT molecular complexity index is 288. The van der Waals surface area contributed by atoms with E-state index in [4.69, 9.17) is 5.11 Å². The fourth-order valence-corrected chi connectivity index (χ4v) is 0.733. The molecular formula is C7H9N2O2+. The predicted octanol–water partition coefficient (Wildman–Crippen LogP) is -0.0630. The molecule has 0 saturated heterocycles. The van der Waals surface area contributed by atoms with Gasteiger partial charge in [0.2, 0.25) is 6.33 Å². The van der Waals surface area contributed by atoms with Crippen LogP contribution in [0.5, 0.6) is 0 Å². The van der Waals surface area contributed by atoms with E-state index in [2.05, 4.69) is 4.98 Å². The minimum Gasteiger partial charge on any atom is -0.478 e. The molecule has 0 bridgehead atoms. The minimum absolute atomic E-state index is 0.826. The quantitative estimate of drug-likeness (QED) is 0.462. The molecule has 0 spiro atoms. The molecule has 1 heterocycles. The first-order valence-corrected chi connectivity index (χ1v) is 3.13. The summed E-state index contributed by atoms with van der Waals surface area (Å²) in [6.07, 6.45) is 6.09. The summed E-state index contributed by atoms with van der Waals surface area (Å²) in [5.41, 5.74) is 0.826. The van der Waals surface area contributed by atoms with Crippen molar-refractivity contribution in [1.82, 2.24) is 4.98 Å². The number of nitrogens with one attached hydrogen (secondary N) is 1. The monoisotopic (exact) mass is 153 g/mol. The Morgan fingerprint density at radius 3 is 3.00 bits per heavy atom. The zero-order chi connectivity index (χ0) is 8.27. The van der Waals surface area contributed by atoms with Crippen LogP contribution in [0, 0.1) is 0 Å². The summed E-state index contributed by atoms with van der Waals surface area (Å²) in [4.78, 5) is 12.9. The summed E-state index contributed by atoms with van der Waals surface area (Å²) in [6, 6.07) is 0. The van der Waals surface area contributed by atoms with E-state index in [1.54, 1.807) is 17.1 Å². The molecule has 2 N–H and O–H groups in total. The van der Waals surface area contributed by atoms with E-state index < -0.39 is 5.97 Å². The number of aromatic amines is 1. The molecule has 1 rings (SSSR count). The third kappa shape index (κ3) is 1.93. The molecule has 4 heteroatoms. The SMILES string of the molecule is C[n+]1c[nH]cc1/C=C/C(=O)O. The van der Waals surface area contributed by atoms with Gasteiger partial charge in [0.1, 0.15) is 6.20 Å². The van der Waals surface area contributed by atoms with E-state index in [1.165, 1.54) is 6.08 Å². The smallest absolute Gasteiger partial charge is 0.328 e. The molecule has 0 aliphatic heterocycles. The van der Waals surface area contributed by atoms with Crippen molar-refractivity contribution in [3.05, 3.63) is 24.3 Å². The van der Waals surface area contributed by atoms with Crippen LogP contribution in [0.1, 0.15) is 5.69 Å². The molecule has 1 aromatic heterocycles. The minimum atomic E-state index is -0.939. The highest BCUT2D eigenvalue weighted by Crippen LogP contribution is 1.90. The predicted molar refractivity (Wildman–Crippen MR) is 38.6 cm³/mol. The van der Waals surface area contributed by atoms with Gasteiger partial charge in [0.15, 0.2) is 5.69 Å². The Kier molecular flexibility index (Phi) is 2.06. The van der Waals surface area contributed by atoms with Gasteiger partial charge in [0.05, 0.1) is 7.05 Å². The molecule has 0 aliphatic carbocycles. The average Bonchev–Trinajstić information content (AvgIpc) is 2.31. The second-order valence-corrected chi connectivity index (χ2v) is 2.15. The third-order valence-electron chi connectivity index (χ3n) is 1.30. The Morgan fingerprint density at radius 2 is 2.55 bits per heavy atom. The van der Waals surface area contributed by atoms with E-state index in [0.717, 1.165) is 11.8 Å². The van der Waals surface area contributed by atoms with Gasteiger partial charge in [-0.2, -0.15) is 0 Å². The molecule has 1 aromatic rings. The maximum Gasteiger partial charge on any atom is 0.328 e. The number of aromatic nitrogens is 2. The highest BCUT2D eigenvalue weighted by atomic mass is 16.4. The van der Waals surface area contributed by atoms with Gasteiger partial charge in [-0.1, -0.05) is 0 Å².